The van der Waals surface area contributed by atoms with E-state index in [4.69, 9.17) is 5.73 Å². The molecule has 0 aliphatic heterocycles. The van der Waals surface area contributed by atoms with E-state index in [1.165, 1.54) is 0 Å². The molecule has 2 aromatic carbocycles. The third-order valence-electron chi connectivity index (χ3n) is 5.81. The van der Waals surface area contributed by atoms with E-state index in [9.17, 15) is 29.7 Å². The molecule has 0 spiro atoms. The zero-order valence-electron chi connectivity index (χ0n) is 17.4. The molecule has 2 amide bonds. The van der Waals surface area contributed by atoms with Crippen LogP contribution >= 0.6 is 0 Å². The number of aliphatic hydroxyl groups is 1. The minimum atomic E-state index is -1.67. The van der Waals surface area contributed by atoms with Gasteiger partial charge < -0.3 is 26.4 Å². The first-order valence-electron chi connectivity index (χ1n) is 9.97. The van der Waals surface area contributed by atoms with Gasteiger partial charge in [-0.25, -0.2) is 4.79 Å². The average molecular weight is 426 g/mol. The maximum absolute atomic E-state index is 12.8. The molecule has 6 N–H and O–H groups in total. The first-order valence-corrected chi connectivity index (χ1v) is 9.97. The highest BCUT2D eigenvalue weighted by molar-refractivity contribution is 6.04. The number of nitrogens with two attached hydrogens (primary N) is 1. The zero-order valence-corrected chi connectivity index (χ0v) is 17.4. The molecule has 8 nitrogen and oxygen atoms in total. The van der Waals surface area contributed by atoms with Crippen molar-refractivity contribution in [1.82, 2.24) is 5.32 Å². The van der Waals surface area contributed by atoms with Gasteiger partial charge in [-0.2, -0.15) is 0 Å². The fourth-order valence-corrected chi connectivity index (χ4v) is 4.03. The fourth-order valence-electron chi connectivity index (χ4n) is 4.03. The Hall–Kier alpha value is -3.39. The summed E-state index contributed by atoms with van der Waals surface area (Å²) in [5.74, 6) is -3.42. The van der Waals surface area contributed by atoms with Gasteiger partial charge >= 0.3 is 5.97 Å². The summed E-state index contributed by atoms with van der Waals surface area (Å²) in [4.78, 5) is 35.8. The number of carboxylic acids is 1. The molecule has 3 atom stereocenters. The molecule has 8 heteroatoms. The van der Waals surface area contributed by atoms with Crippen LogP contribution in [0.5, 0.6) is 5.75 Å². The molecule has 164 valence electrons. The monoisotopic (exact) mass is 426 g/mol. The van der Waals surface area contributed by atoms with E-state index in [1.54, 1.807) is 44.2 Å². The number of primary amides is 1. The number of amides is 2. The van der Waals surface area contributed by atoms with Gasteiger partial charge in [0.1, 0.15) is 5.75 Å². The molecule has 2 unspecified atom stereocenters. The Labute approximate surface area is 179 Å². The number of aliphatic hydroxyl groups excluding tert-OH is 1. The van der Waals surface area contributed by atoms with Crippen molar-refractivity contribution in [2.45, 2.75) is 44.8 Å². The van der Waals surface area contributed by atoms with Crippen molar-refractivity contribution in [2.75, 3.05) is 0 Å². The van der Waals surface area contributed by atoms with E-state index in [2.05, 4.69) is 5.32 Å². The van der Waals surface area contributed by atoms with Crippen LogP contribution in [0.25, 0.3) is 0 Å². The molecule has 0 heterocycles. The van der Waals surface area contributed by atoms with E-state index in [0.717, 1.165) is 5.56 Å². The van der Waals surface area contributed by atoms with E-state index in [1.807, 2.05) is 6.07 Å². The summed E-state index contributed by atoms with van der Waals surface area (Å²) < 4.78 is 0. The van der Waals surface area contributed by atoms with Gasteiger partial charge in [0.15, 0.2) is 5.54 Å². The van der Waals surface area contributed by atoms with Crippen molar-refractivity contribution in [3.63, 3.8) is 0 Å². The van der Waals surface area contributed by atoms with Crippen molar-refractivity contribution >= 4 is 17.8 Å². The molecule has 0 radical (unpaired) electrons. The smallest absolute Gasteiger partial charge is 0.330 e. The van der Waals surface area contributed by atoms with Gasteiger partial charge in [-0.15, -0.1) is 0 Å². The van der Waals surface area contributed by atoms with Crippen molar-refractivity contribution in [3.8, 4) is 5.75 Å². The Balaban J connectivity index is 1.74. The summed E-state index contributed by atoms with van der Waals surface area (Å²) in [6.07, 6.45) is 0.180. The predicted octanol–water partition coefficient (Wildman–Crippen LogP) is 1.73. The molecular weight excluding hydrogens is 400 g/mol. The van der Waals surface area contributed by atoms with E-state index in [-0.39, 0.29) is 12.2 Å². The number of carbonyl (C=O) groups is 3. The summed E-state index contributed by atoms with van der Waals surface area (Å²) in [6, 6.07) is 10.2. The Morgan fingerprint density at radius 3 is 2.35 bits per heavy atom. The Bertz CT molecular complexity index is 1030. The number of phenols is 1. The number of carboxylic acid groups (broad SMARTS) is 1. The van der Waals surface area contributed by atoms with Gasteiger partial charge in [-0.1, -0.05) is 24.3 Å². The van der Waals surface area contributed by atoms with Gasteiger partial charge in [-0.05, 0) is 67.5 Å². The topological polar surface area (TPSA) is 150 Å². The number of rotatable bonds is 8. The van der Waals surface area contributed by atoms with Gasteiger partial charge in [0.05, 0.1) is 12.0 Å². The molecule has 1 aliphatic carbocycles. The molecule has 1 saturated carbocycles. The van der Waals surface area contributed by atoms with E-state index >= 15 is 0 Å². The van der Waals surface area contributed by atoms with Crippen LogP contribution in [-0.2, 0) is 16.0 Å². The number of phenolic OH excluding ortho intramolecular Hbond substituents is 1. The normalized spacial score (nSPS) is 20.7. The van der Waals surface area contributed by atoms with Crippen LogP contribution in [-0.4, -0.2) is 38.6 Å². The van der Waals surface area contributed by atoms with Gasteiger partial charge in [0.25, 0.3) is 5.91 Å². The predicted molar refractivity (Wildman–Crippen MR) is 112 cm³/mol. The highest BCUT2D eigenvalue weighted by atomic mass is 16.4. The fraction of sp³-hybridized carbons (Fsp3) is 0.348. The van der Waals surface area contributed by atoms with Crippen LogP contribution in [0.4, 0.5) is 0 Å². The second-order valence-electron chi connectivity index (χ2n) is 8.14. The van der Waals surface area contributed by atoms with Crippen molar-refractivity contribution in [1.29, 1.82) is 0 Å². The summed E-state index contributed by atoms with van der Waals surface area (Å²) >= 11 is 0. The van der Waals surface area contributed by atoms with Crippen molar-refractivity contribution in [2.24, 2.45) is 11.7 Å². The maximum atomic E-state index is 12.8. The second-order valence-corrected chi connectivity index (χ2v) is 8.14. The number of benzene rings is 2. The van der Waals surface area contributed by atoms with Gasteiger partial charge in [-0.3, -0.25) is 9.59 Å². The van der Waals surface area contributed by atoms with Crippen LogP contribution in [0, 0.1) is 19.8 Å². The molecule has 2 aromatic rings. The Morgan fingerprint density at radius 2 is 1.84 bits per heavy atom. The number of hydrogen-bond acceptors (Lipinski definition) is 5. The first kappa shape index (κ1) is 22.3. The molecule has 0 saturated heterocycles. The quantitative estimate of drug-likeness (QED) is 0.434. The highest BCUT2D eigenvalue weighted by Crippen LogP contribution is 2.44. The average Bonchev–Trinajstić information content (AvgIpc) is 3.41. The van der Waals surface area contributed by atoms with Crippen LogP contribution in [0.1, 0.15) is 51.6 Å². The van der Waals surface area contributed by atoms with Crippen molar-refractivity contribution in [3.05, 3.63) is 64.2 Å². The molecule has 1 aliphatic rings. The lowest BCUT2D eigenvalue weighted by molar-refractivity contribution is -0.142. The lowest BCUT2D eigenvalue weighted by Crippen LogP contribution is -2.47. The number of aryl methyl sites for hydroxylation is 3. The number of nitrogens with one attached hydrogen (secondary N) is 1. The minimum absolute atomic E-state index is 0.0344. The maximum Gasteiger partial charge on any atom is 0.330 e. The van der Waals surface area contributed by atoms with Crippen molar-refractivity contribution < 1.29 is 29.7 Å². The molecule has 3 rings (SSSR count). The summed E-state index contributed by atoms with van der Waals surface area (Å²) in [6.45, 7) is 3.42. The lowest BCUT2D eigenvalue weighted by atomic mass is 9.93. The largest absolute Gasteiger partial charge is 0.508 e. The number of aromatic hydroxyl groups is 1. The van der Waals surface area contributed by atoms with Gasteiger partial charge in [0, 0.05) is 5.56 Å². The van der Waals surface area contributed by atoms with Crippen LogP contribution < -0.4 is 11.1 Å². The number of aliphatic carboxylic acids is 1. The standard InChI is InChI=1S/C23H26N2O6/c1-12-8-15(18(27)7-6-14-4-3-5-16(26)10-14)9-13(2)19(12)21(29)25-23(22(30)31)11-17(23)20(24)28/h3-5,8-10,17-18,26-27H,6-7,11H2,1-2H3,(H2,24,28)(H,25,29)(H,30,31)/t17-,18?,23?/m0/s1. The molecule has 31 heavy (non-hydrogen) atoms. The Morgan fingerprint density at radius 1 is 1.19 bits per heavy atom. The number of hydrogen-bond donors (Lipinski definition) is 5. The second kappa shape index (κ2) is 8.39. The lowest BCUT2D eigenvalue weighted by Gasteiger charge is -2.19. The summed E-state index contributed by atoms with van der Waals surface area (Å²) in [5.41, 5.74) is 6.57. The van der Waals surface area contributed by atoms with E-state index in [0.29, 0.717) is 35.1 Å². The molecule has 0 aromatic heterocycles. The number of carbonyl (C=O) groups excluding carboxylic acids is 2. The van der Waals surface area contributed by atoms with Crippen LogP contribution in [0.15, 0.2) is 36.4 Å². The minimum Gasteiger partial charge on any atom is -0.508 e. The highest BCUT2D eigenvalue weighted by Gasteiger charge is 2.65. The molecule has 1 fully saturated rings. The SMILES string of the molecule is Cc1cc(C(O)CCc2cccc(O)c2)cc(C)c1C(=O)NC1(C(=O)O)C[C@H]1C(N)=O. The molecular formula is C23H26N2O6. The Kier molecular flexibility index (Phi) is 6.03. The first-order chi connectivity index (χ1) is 14.5. The summed E-state index contributed by atoms with van der Waals surface area (Å²) in [5, 5.41) is 32.1. The zero-order chi connectivity index (χ0) is 22.9. The summed E-state index contributed by atoms with van der Waals surface area (Å²) in [7, 11) is 0. The van der Waals surface area contributed by atoms with E-state index < -0.39 is 35.3 Å². The van der Waals surface area contributed by atoms with Crippen LogP contribution in [0.2, 0.25) is 0 Å². The van der Waals surface area contributed by atoms with Crippen LogP contribution in [0.3, 0.4) is 0 Å². The van der Waals surface area contributed by atoms with Gasteiger partial charge in [0.2, 0.25) is 5.91 Å². The third kappa shape index (κ3) is 4.54. The molecule has 0 bridgehead atoms. The third-order valence-corrected chi connectivity index (χ3v) is 5.81.